The number of hydrogen-bond donors (Lipinski definition) is 2. The molecule has 0 unspecified atom stereocenters. The number of rotatable bonds is 16. The van der Waals surface area contributed by atoms with Crippen molar-refractivity contribution in [1.82, 2.24) is 0 Å². The molecule has 0 atom stereocenters. The fraction of sp³-hybridized carbons (Fsp3) is 0.800. The third kappa shape index (κ3) is 34.5. The standard InChI is InChI=1S/C20H36O4.H2O4S/c1-3-5-7-9-11-13-17-23-19(21)15-16-20(22)24-18-14-12-10-8-6-4-2;1-5(2,3)4/h15-16H,3-14,17-18H2,1-2H3;(H2,1,2,3,4)/b16-15-;. The lowest BCUT2D eigenvalue weighted by Gasteiger charge is -2.03. The molecule has 0 spiro atoms. The Morgan fingerprint density at radius 1 is 0.655 bits per heavy atom. The Hall–Kier alpha value is -1.45. The minimum Gasteiger partial charge on any atom is -0.463 e. The van der Waals surface area contributed by atoms with Crippen LogP contribution in [0.25, 0.3) is 0 Å². The van der Waals surface area contributed by atoms with E-state index in [-0.39, 0.29) is 0 Å². The van der Waals surface area contributed by atoms with E-state index in [1.807, 2.05) is 0 Å². The van der Waals surface area contributed by atoms with E-state index < -0.39 is 22.3 Å². The zero-order valence-electron chi connectivity index (χ0n) is 17.8. The molecule has 0 saturated heterocycles. The predicted octanol–water partition coefficient (Wildman–Crippen LogP) is 4.70. The second-order valence-corrected chi connectivity index (χ2v) is 7.55. The maximum atomic E-state index is 11.4. The van der Waals surface area contributed by atoms with Crippen LogP contribution in [0.3, 0.4) is 0 Å². The second-order valence-electron chi connectivity index (χ2n) is 6.65. The van der Waals surface area contributed by atoms with Crippen molar-refractivity contribution in [3.05, 3.63) is 12.2 Å². The smallest absolute Gasteiger partial charge is 0.394 e. The fourth-order valence-electron chi connectivity index (χ4n) is 2.34. The number of hydrogen-bond acceptors (Lipinski definition) is 6. The minimum absolute atomic E-state index is 0.419. The van der Waals surface area contributed by atoms with Crippen LogP contribution in [0.2, 0.25) is 0 Å². The second kappa shape index (κ2) is 21.3. The summed E-state index contributed by atoms with van der Waals surface area (Å²) in [7, 11) is -4.67. The highest BCUT2D eigenvalue weighted by atomic mass is 32.3. The summed E-state index contributed by atoms with van der Waals surface area (Å²) in [5, 5.41) is 0. The third-order valence-corrected chi connectivity index (χ3v) is 3.84. The zero-order valence-corrected chi connectivity index (χ0v) is 18.6. The maximum Gasteiger partial charge on any atom is 0.394 e. The molecule has 0 saturated carbocycles. The summed E-state index contributed by atoms with van der Waals surface area (Å²) in [5.41, 5.74) is 0. The molecule has 0 fully saturated rings. The van der Waals surface area contributed by atoms with Gasteiger partial charge in [-0.2, -0.15) is 8.42 Å². The van der Waals surface area contributed by atoms with Gasteiger partial charge in [0.25, 0.3) is 0 Å². The molecule has 0 aromatic rings. The van der Waals surface area contributed by atoms with E-state index in [0.29, 0.717) is 13.2 Å². The highest BCUT2D eigenvalue weighted by molar-refractivity contribution is 7.79. The summed E-state index contributed by atoms with van der Waals surface area (Å²) in [4.78, 5) is 22.9. The summed E-state index contributed by atoms with van der Waals surface area (Å²) in [6.45, 7) is 5.21. The first kappa shape index (κ1) is 29.7. The molecule has 9 heteroatoms. The van der Waals surface area contributed by atoms with Crippen LogP contribution in [0, 0.1) is 0 Å². The van der Waals surface area contributed by atoms with Gasteiger partial charge >= 0.3 is 22.3 Å². The summed E-state index contributed by atoms with van der Waals surface area (Å²) >= 11 is 0. The van der Waals surface area contributed by atoms with Gasteiger partial charge in [0, 0.05) is 12.2 Å². The van der Waals surface area contributed by atoms with Crippen molar-refractivity contribution >= 4 is 22.3 Å². The van der Waals surface area contributed by atoms with E-state index in [1.54, 1.807) is 0 Å². The molecule has 0 aliphatic heterocycles. The van der Waals surface area contributed by atoms with Gasteiger partial charge in [-0.05, 0) is 12.8 Å². The monoisotopic (exact) mass is 438 g/mol. The van der Waals surface area contributed by atoms with Gasteiger partial charge in [-0.15, -0.1) is 0 Å². The molecule has 0 heterocycles. The highest BCUT2D eigenvalue weighted by Crippen LogP contribution is 2.06. The Labute approximate surface area is 175 Å². The molecule has 172 valence electrons. The van der Waals surface area contributed by atoms with Gasteiger partial charge < -0.3 is 9.47 Å². The van der Waals surface area contributed by atoms with Crippen LogP contribution >= 0.6 is 0 Å². The summed E-state index contributed by atoms with van der Waals surface area (Å²) in [5.74, 6) is -0.944. The molecule has 8 nitrogen and oxygen atoms in total. The topological polar surface area (TPSA) is 127 Å². The van der Waals surface area contributed by atoms with Crippen LogP contribution in [-0.4, -0.2) is 42.7 Å². The Kier molecular flexibility index (Phi) is 21.8. The zero-order chi connectivity index (χ0) is 22.4. The molecule has 0 aromatic carbocycles. The van der Waals surface area contributed by atoms with Crippen LogP contribution in [0.5, 0.6) is 0 Å². The van der Waals surface area contributed by atoms with Crippen molar-refractivity contribution in [2.75, 3.05) is 13.2 Å². The van der Waals surface area contributed by atoms with E-state index >= 15 is 0 Å². The van der Waals surface area contributed by atoms with E-state index in [0.717, 1.165) is 37.8 Å². The van der Waals surface area contributed by atoms with E-state index in [2.05, 4.69) is 13.8 Å². The number of unbranched alkanes of at least 4 members (excludes halogenated alkanes) is 10. The molecule has 0 amide bonds. The Bertz CT molecular complexity index is 489. The van der Waals surface area contributed by atoms with Gasteiger partial charge in [-0.25, -0.2) is 9.59 Å². The van der Waals surface area contributed by atoms with Crippen LogP contribution in [-0.2, 0) is 29.5 Å². The number of carbonyl (C=O) groups excluding carboxylic acids is 2. The van der Waals surface area contributed by atoms with Crippen molar-refractivity contribution in [1.29, 1.82) is 0 Å². The van der Waals surface area contributed by atoms with Gasteiger partial charge in [-0.3, -0.25) is 9.11 Å². The van der Waals surface area contributed by atoms with Gasteiger partial charge in [-0.1, -0.05) is 78.1 Å². The number of carbonyl (C=O) groups is 2. The molecule has 0 aliphatic rings. The highest BCUT2D eigenvalue weighted by Gasteiger charge is 2.01. The lowest BCUT2D eigenvalue weighted by atomic mass is 10.1. The molecule has 0 aliphatic carbocycles. The van der Waals surface area contributed by atoms with Crippen LogP contribution in [0.15, 0.2) is 12.2 Å². The quantitative estimate of drug-likeness (QED) is 0.154. The van der Waals surface area contributed by atoms with E-state index in [9.17, 15) is 9.59 Å². The van der Waals surface area contributed by atoms with Crippen molar-refractivity contribution in [3.63, 3.8) is 0 Å². The van der Waals surface area contributed by atoms with Crippen molar-refractivity contribution in [2.45, 2.75) is 90.9 Å². The molecule has 0 bridgehead atoms. The summed E-state index contributed by atoms with van der Waals surface area (Å²) < 4.78 is 41.7. The van der Waals surface area contributed by atoms with Crippen molar-refractivity contribution in [2.24, 2.45) is 0 Å². The lowest BCUT2D eigenvalue weighted by molar-refractivity contribution is -0.140. The first-order valence-corrected chi connectivity index (χ1v) is 11.8. The van der Waals surface area contributed by atoms with Gasteiger partial charge in [0.2, 0.25) is 0 Å². The molecular formula is C20H38O8S. The van der Waals surface area contributed by atoms with Gasteiger partial charge in [0.05, 0.1) is 13.2 Å². The van der Waals surface area contributed by atoms with E-state index in [1.165, 1.54) is 51.4 Å². The third-order valence-electron chi connectivity index (χ3n) is 3.84. The summed E-state index contributed by atoms with van der Waals surface area (Å²) in [6, 6.07) is 0. The predicted molar refractivity (Wildman–Crippen MR) is 112 cm³/mol. The number of ether oxygens (including phenoxy) is 2. The van der Waals surface area contributed by atoms with Crippen molar-refractivity contribution in [3.8, 4) is 0 Å². The Balaban J connectivity index is 0. The Morgan fingerprint density at radius 3 is 1.24 bits per heavy atom. The minimum atomic E-state index is -4.67. The largest absolute Gasteiger partial charge is 0.463 e. The van der Waals surface area contributed by atoms with Gasteiger partial charge in [0.15, 0.2) is 0 Å². The molecule has 2 N–H and O–H groups in total. The maximum absolute atomic E-state index is 11.4. The van der Waals surface area contributed by atoms with Crippen LogP contribution in [0.1, 0.15) is 90.9 Å². The van der Waals surface area contributed by atoms with Gasteiger partial charge in [0.1, 0.15) is 0 Å². The normalized spacial score (nSPS) is 11.0. The first-order chi connectivity index (χ1) is 13.7. The lowest BCUT2D eigenvalue weighted by Crippen LogP contribution is -2.06. The molecule has 0 aromatic heterocycles. The van der Waals surface area contributed by atoms with Crippen LogP contribution in [0.4, 0.5) is 0 Å². The first-order valence-electron chi connectivity index (χ1n) is 10.4. The Morgan fingerprint density at radius 2 is 0.931 bits per heavy atom. The molecule has 0 radical (unpaired) electrons. The summed E-state index contributed by atoms with van der Waals surface area (Å²) in [6.07, 6.45) is 16.1. The average molecular weight is 439 g/mol. The van der Waals surface area contributed by atoms with E-state index in [4.69, 9.17) is 27.0 Å². The SMILES string of the molecule is CCCCCCCCOC(=O)/C=C\C(=O)OCCCCCCCC.O=S(=O)(O)O. The molecule has 29 heavy (non-hydrogen) atoms. The van der Waals surface area contributed by atoms with Crippen molar-refractivity contribution < 1.29 is 36.6 Å². The average Bonchev–Trinajstić information content (AvgIpc) is 2.63. The fourth-order valence-corrected chi connectivity index (χ4v) is 2.34. The molecular weight excluding hydrogens is 400 g/mol. The number of esters is 2. The van der Waals surface area contributed by atoms with Crippen LogP contribution < -0.4 is 0 Å². The molecule has 0 rings (SSSR count).